The molecule has 0 bridgehead atoms. The Labute approximate surface area is 80.9 Å². The van der Waals surface area contributed by atoms with E-state index in [2.05, 4.69) is 4.98 Å². The third-order valence-electron chi connectivity index (χ3n) is 1.11. The van der Waals surface area contributed by atoms with E-state index in [-0.39, 0.29) is 10.7 Å². The van der Waals surface area contributed by atoms with Gasteiger partial charge in [-0.1, -0.05) is 11.6 Å². The molecule has 0 saturated heterocycles. The monoisotopic (exact) mass is 289 g/mol. The first-order chi connectivity index (χ1) is 5.13. The lowest BCUT2D eigenvalue weighted by atomic mass is 10.3. The molecule has 1 nitrogen and oxygen atoms in total. The Morgan fingerprint density at radius 2 is 2.18 bits per heavy atom. The SMILES string of the molecule is FC(F)c1ccnc(Cl)c1I. The van der Waals surface area contributed by atoms with Crippen molar-refractivity contribution < 1.29 is 8.78 Å². The highest BCUT2D eigenvalue weighted by molar-refractivity contribution is 14.1. The van der Waals surface area contributed by atoms with Crippen LogP contribution in [0.25, 0.3) is 0 Å². The number of hydrogen-bond acceptors (Lipinski definition) is 1. The molecule has 1 rings (SSSR count). The second-order valence-electron chi connectivity index (χ2n) is 1.81. The highest BCUT2D eigenvalue weighted by atomic mass is 127. The molecule has 0 aliphatic heterocycles. The average Bonchev–Trinajstić information content (AvgIpc) is 1.94. The maximum absolute atomic E-state index is 12.1. The standard InChI is InChI=1S/C6H3ClF2IN/c7-5-4(10)3(6(8)9)1-2-11-5/h1-2,6H. The van der Waals surface area contributed by atoms with Gasteiger partial charge in [-0.3, -0.25) is 0 Å². The van der Waals surface area contributed by atoms with Crippen molar-refractivity contribution in [2.75, 3.05) is 0 Å². The van der Waals surface area contributed by atoms with E-state index >= 15 is 0 Å². The fourth-order valence-electron chi connectivity index (χ4n) is 0.600. The second kappa shape index (κ2) is 3.62. The zero-order valence-electron chi connectivity index (χ0n) is 5.19. The molecule has 0 unspecified atom stereocenters. The van der Waals surface area contributed by atoms with Gasteiger partial charge >= 0.3 is 0 Å². The van der Waals surface area contributed by atoms with Gasteiger partial charge in [-0.15, -0.1) is 0 Å². The van der Waals surface area contributed by atoms with Crippen molar-refractivity contribution >= 4 is 34.2 Å². The second-order valence-corrected chi connectivity index (χ2v) is 3.24. The molecule has 0 radical (unpaired) electrons. The van der Waals surface area contributed by atoms with Crippen molar-refractivity contribution in [2.45, 2.75) is 6.43 Å². The zero-order chi connectivity index (χ0) is 8.43. The Balaban J connectivity index is 3.17. The van der Waals surface area contributed by atoms with Crippen LogP contribution < -0.4 is 0 Å². The van der Waals surface area contributed by atoms with Crippen LogP contribution in [0.2, 0.25) is 5.15 Å². The van der Waals surface area contributed by atoms with Gasteiger partial charge in [0, 0.05) is 11.8 Å². The molecule has 0 spiro atoms. The third-order valence-corrected chi connectivity index (χ3v) is 2.85. The van der Waals surface area contributed by atoms with Crippen molar-refractivity contribution in [1.29, 1.82) is 0 Å². The van der Waals surface area contributed by atoms with Crippen molar-refractivity contribution in [3.8, 4) is 0 Å². The van der Waals surface area contributed by atoms with Gasteiger partial charge in [0.2, 0.25) is 0 Å². The minimum atomic E-state index is -2.48. The van der Waals surface area contributed by atoms with Crippen LogP contribution in [0.15, 0.2) is 12.3 Å². The number of nitrogens with zero attached hydrogens (tertiary/aromatic N) is 1. The largest absolute Gasteiger partial charge is 0.265 e. The van der Waals surface area contributed by atoms with Gasteiger partial charge in [-0.2, -0.15) is 0 Å². The first-order valence-electron chi connectivity index (χ1n) is 2.71. The molecule has 1 aromatic heterocycles. The number of aromatic nitrogens is 1. The molecule has 11 heavy (non-hydrogen) atoms. The van der Waals surface area contributed by atoms with E-state index in [1.165, 1.54) is 12.3 Å². The molecular weight excluding hydrogens is 286 g/mol. The summed E-state index contributed by atoms with van der Waals surface area (Å²) in [6.45, 7) is 0. The van der Waals surface area contributed by atoms with Crippen LogP contribution in [0, 0.1) is 3.57 Å². The molecule has 0 amide bonds. The van der Waals surface area contributed by atoms with Gasteiger partial charge in [0.15, 0.2) is 0 Å². The fraction of sp³-hybridized carbons (Fsp3) is 0.167. The smallest absolute Gasteiger partial charge is 0.243 e. The molecule has 0 aromatic carbocycles. The molecule has 0 aliphatic carbocycles. The van der Waals surface area contributed by atoms with Gasteiger partial charge in [0.25, 0.3) is 6.43 Å². The summed E-state index contributed by atoms with van der Waals surface area (Å²) in [6, 6.07) is 1.26. The molecule has 1 heterocycles. The molecular formula is C6H3ClF2IN. The van der Waals surface area contributed by atoms with E-state index in [1.807, 2.05) is 0 Å². The lowest BCUT2D eigenvalue weighted by Gasteiger charge is -2.02. The molecule has 0 fully saturated rings. The van der Waals surface area contributed by atoms with Crippen LogP contribution >= 0.6 is 34.2 Å². The van der Waals surface area contributed by atoms with Crippen molar-refractivity contribution in [1.82, 2.24) is 4.98 Å². The van der Waals surface area contributed by atoms with Gasteiger partial charge < -0.3 is 0 Å². The number of alkyl halides is 2. The Bertz CT molecular complexity index is 267. The van der Waals surface area contributed by atoms with Gasteiger partial charge in [-0.05, 0) is 28.7 Å². The summed E-state index contributed by atoms with van der Waals surface area (Å²) in [6.07, 6.45) is -1.21. The molecule has 60 valence electrons. The van der Waals surface area contributed by atoms with Gasteiger partial charge in [0.05, 0.1) is 3.57 Å². The molecule has 0 N–H and O–H groups in total. The lowest BCUT2D eigenvalue weighted by molar-refractivity contribution is 0.150. The number of rotatable bonds is 1. The van der Waals surface area contributed by atoms with Crippen LogP contribution in [0.1, 0.15) is 12.0 Å². The maximum Gasteiger partial charge on any atom is 0.265 e. The van der Waals surface area contributed by atoms with Crippen LogP contribution in [0.5, 0.6) is 0 Å². The summed E-state index contributed by atoms with van der Waals surface area (Å²) >= 11 is 7.25. The van der Waals surface area contributed by atoms with Crippen LogP contribution in [-0.2, 0) is 0 Å². The molecule has 1 aromatic rings. The summed E-state index contributed by atoms with van der Waals surface area (Å²) in [4.78, 5) is 3.65. The highest BCUT2D eigenvalue weighted by Crippen LogP contribution is 2.27. The first-order valence-corrected chi connectivity index (χ1v) is 4.16. The topological polar surface area (TPSA) is 12.9 Å². The summed E-state index contributed by atoms with van der Waals surface area (Å²) in [5, 5.41) is 0.128. The predicted molar refractivity (Wildman–Crippen MR) is 46.9 cm³/mol. The Morgan fingerprint density at radius 1 is 1.55 bits per heavy atom. The fourth-order valence-corrected chi connectivity index (χ4v) is 1.32. The van der Waals surface area contributed by atoms with E-state index in [4.69, 9.17) is 11.6 Å². The van der Waals surface area contributed by atoms with Gasteiger partial charge in [-0.25, -0.2) is 13.8 Å². The van der Waals surface area contributed by atoms with Crippen LogP contribution in [0.4, 0.5) is 8.78 Å². The number of hydrogen-bond donors (Lipinski definition) is 0. The maximum atomic E-state index is 12.1. The zero-order valence-corrected chi connectivity index (χ0v) is 8.10. The molecule has 0 saturated carbocycles. The number of pyridine rings is 1. The van der Waals surface area contributed by atoms with Crippen molar-refractivity contribution in [3.63, 3.8) is 0 Å². The molecule has 0 aliphatic rings. The van der Waals surface area contributed by atoms with Crippen LogP contribution in [0.3, 0.4) is 0 Å². The molecule has 0 atom stereocenters. The Hall–Kier alpha value is 0.0300. The molecule has 5 heteroatoms. The van der Waals surface area contributed by atoms with E-state index in [9.17, 15) is 8.78 Å². The van der Waals surface area contributed by atoms with E-state index in [0.29, 0.717) is 3.57 Å². The van der Waals surface area contributed by atoms with E-state index < -0.39 is 6.43 Å². The normalized spacial score (nSPS) is 10.6. The predicted octanol–water partition coefficient (Wildman–Crippen LogP) is 3.28. The Kier molecular flexibility index (Phi) is 3.00. The van der Waals surface area contributed by atoms with Crippen molar-refractivity contribution in [3.05, 3.63) is 26.5 Å². The minimum absolute atomic E-state index is 0.0643. The summed E-state index contributed by atoms with van der Waals surface area (Å²) in [7, 11) is 0. The summed E-state index contributed by atoms with van der Waals surface area (Å²) in [5.41, 5.74) is -0.0643. The van der Waals surface area contributed by atoms with E-state index in [1.54, 1.807) is 22.6 Å². The minimum Gasteiger partial charge on any atom is -0.243 e. The highest BCUT2D eigenvalue weighted by Gasteiger charge is 2.13. The lowest BCUT2D eigenvalue weighted by Crippen LogP contribution is -1.91. The van der Waals surface area contributed by atoms with Crippen LogP contribution in [-0.4, -0.2) is 4.98 Å². The summed E-state index contributed by atoms with van der Waals surface area (Å²) < 4.78 is 24.6. The van der Waals surface area contributed by atoms with E-state index in [0.717, 1.165) is 0 Å². The van der Waals surface area contributed by atoms with Gasteiger partial charge in [0.1, 0.15) is 5.15 Å². The average molecular weight is 289 g/mol. The Morgan fingerprint density at radius 3 is 2.64 bits per heavy atom. The summed E-state index contributed by atoms with van der Waals surface area (Å²) in [5.74, 6) is 0. The number of halogens is 4. The third kappa shape index (κ3) is 1.99. The first kappa shape index (κ1) is 9.12. The quantitative estimate of drug-likeness (QED) is 0.571. The van der Waals surface area contributed by atoms with Crippen molar-refractivity contribution in [2.24, 2.45) is 0 Å².